The molecule has 3 aromatic rings. The van der Waals surface area contributed by atoms with Gasteiger partial charge in [0.25, 0.3) is 0 Å². The van der Waals surface area contributed by atoms with Crippen LogP contribution in [0.15, 0.2) is 36.8 Å². The Balaban J connectivity index is 1.62. The van der Waals surface area contributed by atoms with Gasteiger partial charge in [0.2, 0.25) is 0 Å². The van der Waals surface area contributed by atoms with Crippen LogP contribution in [0.2, 0.25) is 0 Å². The maximum atomic E-state index is 7.90. The molecule has 0 saturated carbocycles. The molecule has 0 bridgehead atoms. The molecule has 3 aromatic heterocycles. The van der Waals surface area contributed by atoms with Crippen LogP contribution in [0.4, 0.5) is 17.2 Å². The van der Waals surface area contributed by atoms with Crippen LogP contribution in [-0.2, 0) is 13.0 Å². The van der Waals surface area contributed by atoms with Crippen molar-refractivity contribution in [2.45, 2.75) is 26.8 Å². The second-order valence-corrected chi connectivity index (χ2v) is 6.93. The summed E-state index contributed by atoms with van der Waals surface area (Å²) in [7, 11) is 0. The summed E-state index contributed by atoms with van der Waals surface area (Å²) in [5, 5.41) is 23.2. The summed E-state index contributed by atoms with van der Waals surface area (Å²) in [5.74, 6) is 0.800. The van der Waals surface area contributed by atoms with Gasteiger partial charge in [-0.25, -0.2) is 4.68 Å². The minimum absolute atomic E-state index is 0.203. The molecule has 8 heteroatoms. The third kappa shape index (κ3) is 3.36. The van der Waals surface area contributed by atoms with E-state index in [0.717, 1.165) is 58.9 Å². The second kappa shape index (κ2) is 7.22. The molecule has 142 valence electrons. The van der Waals surface area contributed by atoms with Gasteiger partial charge in [0.15, 0.2) is 5.82 Å². The van der Waals surface area contributed by atoms with Crippen LogP contribution in [0.25, 0.3) is 0 Å². The number of fused-ring (bicyclic) bond motifs is 1. The average molecular weight is 374 g/mol. The Morgan fingerprint density at radius 2 is 2.04 bits per heavy atom. The molecule has 4 heterocycles. The molecule has 0 unspecified atom stereocenters. The van der Waals surface area contributed by atoms with Crippen molar-refractivity contribution >= 4 is 23.5 Å². The van der Waals surface area contributed by atoms with Crippen molar-refractivity contribution in [1.82, 2.24) is 19.7 Å². The van der Waals surface area contributed by atoms with E-state index < -0.39 is 0 Å². The summed E-state index contributed by atoms with van der Waals surface area (Å²) in [6, 6.07) is 5.82. The van der Waals surface area contributed by atoms with E-state index in [1.807, 2.05) is 32.3 Å². The normalized spacial score (nSPS) is 13.1. The molecule has 0 saturated heterocycles. The number of nitrogens with one attached hydrogen (secondary N) is 3. The van der Waals surface area contributed by atoms with Crippen molar-refractivity contribution in [1.29, 1.82) is 10.8 Å². The van der Waals surface area contributed by atoms with Gasteiger partial charge in [-0.1, -0.05) is 0 Å². The molecular formula is C20H22N8. The quantitative estimate of drug-likeness (QED) is 0.481. The number of hydrogen-bond acceptors (Lipinski definition) is 7. The number of nitrogens with zero attached hydrogens (tertiary/aromatic N) is 5. The van der Waals surface area contributed by atoms with Gasteiger partial charge >= 0.3 is 0 Å². The third-order valence-electron chi connectivity index (χ3n) is 4.92. The fourth-order valence-electron chi connectivity index (χ4n) is 3.43. The van der Waals surface area contributed by atoms with E-state index in [-0.39, 0.29) is 5.49 Å². The van der Waals surface area contributed by atoms with E-state index in [0.29, 0.717) is 6.54 Å². The number of aromatic nitrogens is 4. The highest BCUT2D eigenvalue weighted by Gasteiger charge is 2.21. The van der Waals surface area contributed by atoms with Crippen molar-refractivity contribution in [2.75, 3.05) is 16.8 Å². The van der Waals surface area contributed by atoms with E-state index in [4.69, 9.17) is 10.8 Å². The molecule has 0 radical (unpaired) electrons. The lowest BCUT2D eigenvalue weighted by Crippen LogP contribution is -2.34. The van der Waals surface area contributed by atoms with Crippen molar-refractivity contribution in [3.8, 4) is 0 Å². The van der Waals surface area contributed by atoms with Gasteiger partial charge in [0, 0.05) is 43.3 Å². The van der Waals surface area contributed by atoms with Gasteiger partial charge in [-0.05, 0) is 48.7 Å². The van der Waals surface area contributed by atoms with Gasteiger partial charge < -0.3 is 10.2 Å². The molecule has 0 amide bonds. The van der Waals surface area contributed by atoms with Crippen LogP contribution in [-0.4, -0.2) is 32.6 Å². The van der Waals surface area contributed by atoms with E-state index >= 15 is 0 Å². The van der Waals surface area contributed by atoms with Crippen molar-refractivity contribution in [3.05, 3.63) is 64.7 Å². The van der Waals surface area contributed by atoms with Crippen LogP contribution in [0, 0.1) is 24.7 Å². The highest BCUT2D eigenvalue weighted by Crippen LogP contribution is 2.27. The minimum Gasteiger partial charge on any atom is -0.354 e. The standard InChI is InChI=1S/C20H22N8/c1-13-7-19(22)28(12-21)26-20(13)27-6-4-18-15(11-27)8-16(10-24-18)25-17-3-5-23-9-14(17)2/h3,5,7-10,12,21-22H,4,6,11H2,1-2H3,(H,23,25). The number of pyridine rings is 2. The fraction of sp³-hybridized carbons (Fsp3) is 0.250. The lowest BCUT2D eigenvalue weighted by molar-refractivity contribution is 0.680. The predicted octanol–water partition coefficient (Wildman–Crippen LogP) is 2.53. The zero-order valence-corrected chi connectivity index (χ0v) is 15.9. The van der Waals surface area contributed by atoms with E-state index in [1.165, 1.54) is 4.68 Å². The molecule has 0 fully saturated rings. The first-order chi connectivity index (χ1) is 13.5. The molecule has 1 aliphatic rings. The van der Waals surface area contributed by atoms with Gasteiger partial charge in [-0.2, -0.15) is 0 Å². The SMILES string of the molecule is Cc1cnccc1Nc1cnc2c(c1)CN(c1nn(C=N)c(=N)cc1C)CC2. The first-order valence-corrected chi connectivity index (χ1v) is 9.11. The topological polar surface area (TPSA) is 107 Å². The van der Waals surface area contributed by atoms with Crippen LogP contribution in [0.1, 0.15) is 22.4 Å². The highest BCUT2D eigenvalue weighted by atomic mass is 15.3. The number of rotatable bonds is 4. The van der Waals surface area contributed by atoms with Gasteiger partial charge in [-0.15, -0.1) is 5.10 Å². The summed E-state index contributed by atoms with van der Waals surface area (Å²) in [4.78, 5) is 11.0. The molecule has 28 heavy (non-hydrogen) atoms. The van der Waals surface area contributed by atoms with E-state index in [9.17, 15) is 0 Å². The molecule has 1 aliphatic heterocycles. The number of anilines is 3. The Morgan fingerprint density at radius 3 is 2.82 bits per heavy atom. The van der Waals surface area contributed by atoms with Gasteiger partial charge in [0.1, 0.15) is 11.8 Å². The molecule has 8 nitrogen and oxygen atoms in total. The smallest absolute Gasteiger partial charge is 0.152 e. The average Bonchev–Trinajstić information content (AvgIpc) is 2.69. The van der Waals surface area contributed by atoms with Crippen LogP contribution >= 0.6 is 0 Å². The Labute approximate surface area is 162 Å². The maximum absolute atomic E-state index is 7.90. The Hall–Kier alpha value is -3.55. The molecule has 4 rings (SSSR count). The number of hydrogen-bond donors (Lipinski definition) is 3. The number of aryl methyl sites for hydroxylation is 2. The van der Waals surface area contributed by atoms with Crippen LogP contribution in [0.3, 0.4) is 0 Å². The molecule has 3 N–H and O–H groups in total. The zero-order valence-electron chi connectivity index (χ0n) is 15.9. The Kier molecular flexibility index (Phi) is 4.60. The molecule has 0 aliphatic carbocycles. The van der Waals surface area contributed by atoms with Crippen LogP contribution in [0.5, 0.6) is 0 Å². The molecule has 0 atom stereocenters. The minimum atomic E-state index is 0.203. The molecule has 0 spiro atoms. The first kappa shape index (κ1) is 17.8. The van der Waals surface area contributed by atoms with E-state index in [1.54, 1.807) is 12.3 Å². The predicted molar refractivity (Wildman–Crippen MR) is 108 cm³/mol. The summed E-state index contributed by atoms with van der Waals surface area (Å²) in [6.07, 6.45) is 7.36. The van der Waals surface area contributed by atoms with Gasteiger partial charge in [0.05, 0.1) is 11.9 Å². The monoisotopic (exact) mass is 374 g/mol. The summed E-state index contributed by atoms with van der Waals surface area (Å²) < 4.78 is 1.28. The summed E-state index contributed by atoms with van der Waals surface area (Å²) in [5.41, 5.74) is 6.42. The molecule has 0 aromatic carbocycles. The second-order valence-electron chi connectivity index (χ2n) is 6.93. The van der Waals surface area contributed by atoms with Gasteiger partial charge in [-0.3, -0.25) is 20.8 Å². The Morgan fingerprint density at radius 1 is 1.18 bits per heavy atom. The summed E-state index contributed by atoms with van der Waals surface area (Å²) >= 11 is 0. The molecular weight excluding hydrogens is 352 g/mol. The van der Waals surface area contributed by atoms with Crippen LogP contribution < -0.4 is 15.7 Å². The van der Waals surface area contributed by atoms with Crippen molar-refractivity contribution in [3.63, 3.8) is 0 Å². The maximum Gasteiger partial charge on any atom is 0.152 e. The zero-order chi connectivity index (χ0) is 19.7. The van der Waals surface area contributed by atoms with E-state index in [2.05, 4.69) is 31.3 Å². The third-order valence-corrected chi connectivity index (χ3v) is 4.92. The Bertz CT molecular complexity index is 1100. The largest absolute Gasteiger partial charge is 0.354 e. The fourth-order valence-corrected chi connectivity index (χ4v) is 3.43. The summed E-state index contributed by atoms with van der Waals surface area (Å²) in [6.45, 7) is 5.47. The highest BCUT2D eigenvalue weighted by molar-refractivity contribution is 5.63. The van der Waals surface area contributed by atoms with Crippen molar-refractivity contribution in [2.24, 2.45) is 0 Å². The lowest BCUT2D eigenvalue weighted by Gasteiger charge is -2.30. The lowest BCUT2D eigenvalue weighted by atomic mass is 10.0. The first-order valence-electron chi connectivity index (χ1n) is 9.11. The van der Waals surface area contributed by atoms with Crippen molar-refractivity contribution < 1.29 is 0 Å².